The molecule has 1 N–H and O–H groups in total. The zero-order valence-corrected chi connectivity index (χ0v) is 12.5. The van der Waals surface area contributed by atoms with Crippen LogP contribution in [0.3, 0.4) is 0 Å². The van der Waals surface area contributed by atoms with Crippen molar-refractivity contribution in [3.8, 4) is 0 Å². The summed E-state index contributed by atoms with van der Waals surface area (Å²) in [5.41, 5.74) is 0.549. The second kappa shape index (κ2) is 8.94. The van der Waals surface area contributed by atoms with E-state index in [-0.39, 0.29) is 5.91 Å². The first-order valence-corrected chi connectivity index (χ1v) is 7.31. The summed E-state index contributed by atoms with van der Waals surface area (Å²) < 4.78 is 0. The molecule has 0 fully saturated rings. The molecule has 0 radical (unpaired) electrons. The van der Waals surface area contributed by atoms with Crippen LogP contribution < -0.4 is 5.32 Å². The summed E-state index contributed by atoms with van der Waals surface area (Å²) in [6.07, 6.45) is 2.09. The van der Waals surface area contributed by atoms with Crippen molar-refractivity contribution in [1.29, 1.82) is 0 Å². The molecule has 1 rings (SSSR count). The van der Waals surface area contributed by atoms with Crippen LogP contribution in [0.1, 0.15) is 37.0 Å². The Kier molecular flexibility index (Phi) is 7.53. The Morgan fingerprint density at radius 2 is 1.89 bits per heavy atom. The van der Waals surface area contributed by atoms with Gasteiger partial charge in [0, 0.05) is 6.54 Å². The number of unbranched alkanes of at least 4 members (excludes halogenated alkanes) is 1. The monoisotopic (exact) mass is 282 g/mol. The molecule has 0 aliphatic rings. The van der Waals surface area contributed by atoms with E-state index in [1.165, 1.54) is 0 Å². The summed E-state index contributed by atoms with van der Waals surface area (Å²) in [5, 5.41) is 3.41. The fraction of sp³-hybridized carbons (Fsp3) is 0.533. The zero-order chi connectivity index (χ0) is 14.1. The first-order chi connectivity index (χ1) is 9.19. The van der Waals surface area contributed by atoms with Gasteiger partial charge in [-0.3, -0.25) is 4.79 Å². The number of nitrogens with one attached hydrogen (secondary N) is 1. The van der Waals surface area contributed by atoms with Crippen molar-refractivity contribution < 1.29 is 4.79 Å². The first-order valence-electron chi connectivity index (χ1n) is 6.94. The molecule has 0 saturated carbocycles. The quantitative estimate of drug-likeness (QED) is 0.743. The highest BCUT2D eigenvalue weighted by molar-refractivity contribution is 6.33. The van der Waals surface area contributed by atoms with Crippen molar-refractivity contribution in [2.45, 2.75) is 26.7 Å². The van der Waals surface area contributed by atoms with Gasteiger partial charge in [0.1, 0.15) is 0 Å². The second-order valence-electron chi connectivity index (χ2n) is 4.47. The highest BCUT2D eigenvalue weighted by Crippen LogP contribution is 2.14. The molecule has 0 heterocycles. The first kappa shape index (κ1) is 16.0. The van der Waals surface area contributed by atoms with E-state index in [2.05, 4.69) is 24.1 Å². The van der Waals surface area contributed by atoms with Gasteiger partial charge in [0.05, 0.1) is 10.6 Å². The minimum Gasteiger partial charge on any atom is -0.352 e. The lowest BCUT2D eigenvalue weighted by atomic mass is 10.2. The van der Waals surface area contributed by atoms with Crippen LogP contribution in [0.2, 0.25) is 5.02 Å². The molecule has 4 heteroatoms. The maximum Gasteiger partial charge on any atom is 0.252 e. The molecule has 0 atom stereocenters. The molecule has 0 aliphatic heterocycles. The molecule has 0 spiro atoms. The average Bonchev–Trinajstić information content (AvgIpc) is 2.43. The normalized spacial score (nSPS) is 10.7. The fourth-order valence-corrected chi connectivity index (χ4v) is 2.16. The molecule has 0 unspecified atom stereocenters. The van der Waals surface area contributed by atoms with Gasteiger partial charge in [0.15, 0.2) is 0 Å². The lowest BCUT2D eigenvalue weighted by molar-refractivity contribution is 0.0952. The van der Waals surface area contributed by atoms with Gasteiger partial charge in [0.25, 0.3) is 5.91 Å². The third-order valence-electron chi connectivity index (χ3n) is 3.20. The van der Waals surface area contributed by atoms with Crippen LogP contribution in [0, 0.1) is 0 Å². The zero-order valence-electron chi connectivity index (χ0n) is 11.8. The second-order valence-corrected chi connectivity index (χ2v) is 4.88. The Labute approximate surface area is 120 Å². The number of amides is 1. The Morgan fingerprint density at radius 3 is 2.53 bits per heavy atom. The largest absolute Gasteiger partial charge is 0.352 e. The molecule has 1 amide bonds. The molecule has 0 aliphatic carbocycles. The molecule has 1 aromatic carbocycles. The fourth-order valence-electron chi connectivity index (χ4n) is 1.94. The van der Waals surface area contributed by atoms with Crippen molar-refractivity contribution in [2.75, 3.05) is 26.2 Å². The Balaban J connectivity index is 2.23. The predicted octanol–water partition coefficient (Wildman–Crippen LogP) is 3.19. The van der Waals surface area contributed by atoms with Crippen LogP contribution in [-0.2, 0) is 0 Å². The minimum atomic E-state index is -0.0894. The van der Waals surface area contributed by atoms with E-state index in [0.717, 1.165) is 32.5 Å². The van der Waals surface area contributed by atoms with Gasteiger partial charge in [-0.2, -0.15) is 0 Å². The lowest BCUT2D eigenvalue weighted by Gasteiger charge is -2.17. The average molecular weight is 283 g/mol. The van der Waals surface area contributed by atoms with E-state index >= 15 is 0 Å². The summed E-state index contributed by atoms with van der Waals surface area (Å²) in [5.74, 6) is -0.0894. The molecule has 0 bridgehead atoms. The Morgan fingerprint density at radius 1 is 1.21 bits per heavy atom. The van der Waals surface area contributed by atoms with Crippen molar-refractivity contribution in [1.82, 2.24) is 10.2 Å². The number of hydrogen-bond donors (Lipinski definition) is 1. The maximum absolute atomic E-state index is 11.9. The van der Waals surface area contributed by atoms with Gasteiger partial charge in [0.2, 0.25) is 0 Å². The number of rotatable bonds is 8. The highest BCUT2D eigenvalue weighted by atomic mass is 35.5. The molecule has 0 saturated heterocycles. The summed E-state index contributed by atoms with van der Waals surface area (Å²) in [6, 6.07) is 7.12. The van der Waals surface area contributed by atoms with Crippen LogP contribution in [-0.4, -0.2) is 37.0 Å². The molecular weight excluding hydrogens is 260 g/mol. The Hall–Kier alpha value is -1.06. The van der Waals surface area contributed by atoms with E-state index in [1.54, 1.807) is 12.1 Å². The van der Waals surface area contributed by atoms with Crippen LogP contribution in [0.5, 0.6) is 0 Å². The van der Waals surface area contributed by atoms with Crippen LogP contribution >= 0.6 is 11.6 Å². The van der Waals surface area contributed by atoms with Crippen molar-refractivity contribution >= 4 is 17.5 Å². The minimum absolute atomic E-state index is 0.0894. The third-order valence-corrected chi connectivity index (χ3v) is 3.53. The van der Waals surface area contributed by atoms with E-state index in [4.69, 9.17) is 11.6 Å². The number of carbonyl (C=O) groups is 1. The third kappa shape index (κ3) is 5.62. The highest BCUT2D eigenvalue weighted by Gasteiger charge is 2.08. The smallest absolute Gasteiger partial charge is 0.252 e. The van der Waals surface area contributed by atoms with E-state index in [1.807, 2.05) is 12.1 Å². The SMILES string of the molecule is CCN(CC)CCCCNC(=O)c1ccccc1Cl. The maximum atomic E-state index is 11.9. The topological polar surface area (TPSA) is 32.3 Å². The van der Waals surface area contributed by atoms with Gasteiger partial charge < -0.3 is 10.2 Å². The summed E-state index contributed by atoms with van der Waals surface area (Å²) in [4.78, 5) is 14.3. The van der Waals surface area contributed by atoms with Crippen LogP contribution in [0.15, 0.2) is 24.3 Å². The van der Waals surface area contributed by atoms with E-state index in [9.17, 15) is 4.79 Å². The Bertz CT molecular complexity index is 391. The van der Waals surface area contributed by atoms with Gasteiger partial charge >= 0.3 is 0 Å². The molecule has 3 nitrogen and oxygen atoms in total. The summed E-state index contributed by atoms with van der Waals surface area (Å²) in [7, 11) is 0. The van der Waals surface area contributed by atoms with E-state index < -0.39 is 0 Å². The summed E-state index contributed by atoms with van der Waals surface area (Å²) in [6.45, 7) is 8.30. The molecule has 1 aromatic rings. The van der Waals surface area contributed by atoms with Crippen LogP contribution in [0.25, 0.3) is 0 Å². The van der Waals surface area contributed by atoms with Gasteiger partial charge in [-0.25, -0.2) is 0 Å². The predicted molar refractivity (Wildman–Crippen MR) is 80.8 cm³/mol. The number of nitrogens with zero attached hydrogens (tertiary/aromatic N) is 1. The van der Waals surface area contributed by atoms with Crippen LogP contribution in [0.4, 0.5) is 0 Å². The molecule has 19 heavy (non-hydrogen) atoms. The van der Waals surface area contributed by atoms with Gasteiger partial charge in [-0.1, -0.05) is 37.6 Å². The number of halogens is 1. The number of benzene rings is 1. The lowest BCUT2D eigenvalue weighted by Crippen LogP contribution is -2.27. The van der Waals surface area contributed by atoms with Crippen molar-refractivity contribution in [3.63, 3.8) is 0 Å². The summed E-state index contributed by atoms with van der Waals surface area (Å²) >= 11 is 5.97. The van der Waals surface area contributed by atoms with Crippen molar-refractivity contribution in [3.05, 3.63) is 34.9 Å². The van der Waals surface area contributed by atoms with Gasteiger partial charge in [-0.05, 0) is 44.6 Å². The molecule has 0 aromatic heterocycles. The van der Waals surface area contributed by atoms with E-state index in [0.29, 0.717) is 17.1 Å². The van der Waals surface area contributed by atoms with Crippen molar-refractivity contribution in [2.24, 2.45) is 0 Å². The number of carbonyl (C=O) groups excluding carboxylic acids is 1. The standard InChI is InChI=1S/C15H23ClN2O/c1-3-18(4-2)12-8-7-11-17-15(19)13-9-5-6-10-14(13)16/h5-6,9-10H,3-4,7-8,11-12H2,1-2H3,(H,17,19). The molecular formula is C15H23ClN2O. The number of hydrogen-bond acceptors (Lipinski definition) is 2. The van der Waals surface area contributed by atoms with Gasteiger partial charge in [-0.15, -0.1) is 0 Å². The molecule has 106 valence electrons.